The van der Waals surface area contributed by atoms with Gasteiger partial charge in [-0.25, -0.2) is 9.97 Å². The number of rotatable bonds is 4. The highest BCUT2D eigenvalue weighted by atomic mass is 16.5. The molecule has 2 heterocycles. The van der Waals surface area contributed by atoms with Gasteiger partial charge in [0.1, 0.15) is 0 Å². The Morgan fingerprint density at radius 3 is 3.00 bits per heavy atom. The third kappa shape index (κ3) is 3.92. The summed E-state index contributed by atoms with van der Waals surface area (Å²) in [5.41, 5.74) is 7.96. The van der Waals surface area contributed by atoms with Gasteiger partial charge in [-0.2, -0.15) is 0 Å². The number of nitrogens with one attached hydrogen (secondary N) is 2. The summed E-state index contributed by atoms with van der Waals surface area (Å²) in [7, 11) is 1.53. The number of ether oxygens (including phenoxy) is 1. The molecule has 0 aliphatic heterocycles. The maximum atomic E-state index is 12.3. The van der Waals surface area contributed by atoms with Crippen LogP contribution in [0.3, 0.4) is 0 Å². The van der Waals surface area contributed by atoms with E-state index < -0.39 is 0 Å². The molecular weight excluding hydrogens is 330 g/mol. The highest BCUT2D eigenvalue weighted by Crippen LogP contribution is 2.18. The van der Waals surface area contributed by atoms with Gasteiger partial charge < -0.3 is 20.8 Å². The fourth-order valence-electron chi connectivity index (χ4n) is 2.40. The van der Waals surface area contributed by atoms with Gasteiger partial charge in [0, 0.05) is 30.3 Å². The Bertz CT molecular complexity index is 967. The summed E-state index contributed by atoms with van der Waals surface area (Å²) >= 11 is 0. The molecule has 1 atom stereocenters. The van der Waals surface area contributed by atoms with E-state index in [9.17, 15) is 4.79 Å². The number of amides is 1. The van der Waals surface area contributed by atoms with E-state index in [1.54, 1.807) is 12.3 Å². The Morgan fingerprint density at radius 1 is 1.42 bits per heavy atom. The number of para-hydroxylation sites is 2. The first kappa shape index (κ1) is 17.3. The molecule has 0 spiro atoms. The number of imidazole rings is 1. The summed E-state index contributed by atoms with van der Waals surface area (Å²) in [6.45, 7) is 1.89. The van der Waals surface area contributed by atoms with Crippen LogP contribution in [0.15, 0.2) is 36.5 Å². The van der Waals surface area contributed by atoms with Crippen LogP contribution in [0.4, 0.5) is 5.82 Å². The van der Waals surface area contributed by atoms with Gasteiger partial charge in [0.15, 0.2) is 17.4 Å². The normalized spacial score (nSPS) is 11.5. The van der Waals surface area contributed by atoms with E-state index >= 15 is 0 Å². The number of nitrogens with two attached hydrogens (primary N) is 1. The molecule has 2 aromatic heterocycles. The van der Waals surface area contributed by atoms with Gasteiger partial charge in [-0.15, -0.1) is 0 Å². The van der Waals surface area contributed by atoms with Crippen molar-refractivity contribution in [3.63, 3.8) is 0 Å². The quantitative estimate of drug-likeness (QED) is 0.626. The summed E-state index contributed by atoms with van der Waals surface area (Å²) in [6, 6.07) is 9.10. The molecule has 26 heavy (non-hydrogen) atoms. The van der Waals surface area contributed by atoms with Crippen LogP contribution in [-0.4, -0.2) is 34.0 Å². The summed E-state index contributed by atoms with van der Waals surface area (Å²) in [4.78, 5) is 23.6. The smallest absolute Gasteiger partial charge is 0.287 e. The van der Waals surface area contributed by atoms with E-state index in [1.165, 1.54) is 7.11 Å². The van der Waals surface area contributed by atoms with E-state index in [0.29, 0.717) is 29.4 Å². The number of carbonyl (C=O) groups excluding carboxylic acids is 1. The Kier molecular flexibility index (Phi) is 5.04. The van der Waals surface area contributed by atoms with Crippen LogP contribution in [0.25, 0.3) is 11.0 Å². The van der Waals surface area contributed by atoms with Crippen molar-refractivity contribution in [3.8, 4) is 17.6 Å². The predicted octanol–water partition coefficient (Wildman–Crippen LogP) is 2.11. The Labute approximate surface area is 151 Å². The standard InChI is InChI=1S/C19H19N5O2/c1-12(6-5-7-13-10-16(26-2)17(20)21-11-13)22-19(25)18-23-14-8-3-4-9-15(14)24-18/h3-4,8-12H,6H2,1-2H3,(H2,20,21)(H,22,25)(H,23,24)/t12-/m0/s1. The van der Waals surface area contributed by atoms with E-state index in [1.807, 2.05) is 31.2 Å². The Balaban J connectivity index is 1.60. The average molecular weight is 349 g/mol. The summed E-state index contributed by atoms with van der Waals surface area (Å²) < 4.78 is 5.12. The second-order valence-corrected chi connectivity index (χ2v) is 5.79. The molecule has 0 saturated heterocycles. The predicted molar refractivity (Wildman–Crippen MR) is 99.7 cm³/mol. The van der Waals surface area contributed by atoms with E-state index in [0.717, 1.165) is 11.0 Å². The van der Waals surface area contributed by atoms with E-state index in [4.69, 9.17) is 10.5 Å². The number of fused-ring (bicyclic) bond motifs is 1. The van der Waals surface area contributed by atoms with Gasteiger partial charge in [0.25, 0.3) is 5.91 Å². The van der Waals surface area contributed by atoms with Gasteiger partial charge in [-0.1, -0.05) is 24.0 Å². The number of H-pyrrole nitrogens is 1. The second kappa shape index (κ2) is 7.57. The van der Waals surface area contributed by atoms with Crippen LogP contribution in [0.2, 0.25) is 0 Å². The van der Waals surface area contributed by atoms with Crippen LogP contribution in [0, 0.1) is 11.8 Å². The first-order valence-electron chi connectivity index (χ1n) is 8.11. The lowest BCUT2D eigenvalue weighted by Crippen LogP contribution is -2.32. The van der Waals surface area contributed by atoms with Gasteiger partial charge >= 0.3 is 0 Å². The number of benzene rings is 1. The third-order valence-electron chi connectivity index (χ3n) is 3.72. The fourth-order valence-corrected chi connectivity index (χ4v) is 2.40. The van der Waals surface area contributed by atoms with Gasteiger partial charge in [-0.3, -0.25) is 4.79 Å². The molecule has 0 saturated carbocycles. The van der Waals surface area contributed by atoms with Crippen LogP contribution < -0.4 is 15.8 Å². The van der Waals surface area contributed by atoms with Gasteiger partial charge in [0.2, 0.25) is 0 Å². The topological polar surface area (TPSA) is 106 Å². The molecule has 4 N–H and O–H groups in total. The number of hydrogen-bond donors (Lipinski definition) is 3. The van der Waals surface area contributed by atoms with Crippen molar-refractivity contribution in [2.45, 2.75) is 19.4 Å². The third-order valence-corrected chi connectivity index (χ3v) is 3.72. The number of carbonyl (C=O) groups is 1. The summed E-state index contributed by atoms with van der Waals surface area (Å²) in [5.74, 6) is 6.86. The molecule has 1 aromatic carbocycles. The molecule has 0 bridgehead atoms. The highest BCUT2D eigenvalue weighted by molar-refractivity contribution is 5.94. The number of nitrogen functional groups attached to an aromatic ring is 1. The molecule has 1 amide bonds. The van der Waals surface area contributed by atoms with Crippen LogP contribution in [0.5, 0.6) is 5.75 Å². The fraction of sp³-hybridized carbons (Fsp3) is 0.211. The van der Waals surface area contributed by atoms with Crippen molar-refractivity contribution in [2.24, 2.45) is 0 Å². The number of hydrogen-bond acceptors (Lipinski definition) is 5. The minimum absolute atomic E-state index is 0.133. The lowest BCUT2D eigenvalue weighted by Gasteiger charge is -2.09. The zero-order valence-electron chi connectivity index (χ0n) is 14.5. The molecule has 0 aliphatic carbocycles. The van der Waals surface area contributed by atoms with Crippen molar-refractivity contribution in [3.05, 3.63) is 47.9 Å². The maximum Gasteiger partial charge on any atom is 0.287 e. The van der Waals surface area contributed by atoms with Crippen molar-refractivity contribution in [1.29, 1.82) is 0 Å². The first-order chi connectivity index (χ1) is 12.6. The molecule has 0 fully saturated rings. The number of aromatic amines is 1. The SMILES string of the molecule is COc1cc(C#CC[C@H](C)NC(=O)c2nc3ccccc3[nH]2)cnc1N. The molecule has 132 valence electrons. The molecule has 7 nitrogen and oxygen atoms in total. The largest absolute Gasteiger partial charge is 0.493 e. The number of nitrogens with zero attached hydrogens (tertiary/aromatic N) is 2. The van der Waals surface area contributed by atoms with Crippen molar-refractivity contribution >= 4 is 22.8 Å². The van der Waals surface area contributed by atoms with Gasteiger partial charge in [0.05, 0.1) is 18.1 Å². The Morgan fingerprint density at radius 2 is 2.23 bits per heavy atom. The summed E-state index contributed by atoms with van der Waals surface area (Å²) in [6.07, 6.45) is 2.07. The zero-order valence-corrected chi connectivity index (χ0v) is 14.5. The maximum absolute atomic E-state index is 12.3. The van der Waals surface area contributed by atoms with Crippen LogP contribution in [-0.2, 0) is 0 Å². The van der Waals surface area contributed by atoms with Crippen LogP contribution in [0.1, 0.15) is 29.5 Å². The lowest BCUT2D eigenvalue weighted by atomic mass is 10.2. The minimum Gasteiger partial charge on any atom is -0.493 e. The van der Waals surface area contributed by atoms with Crippen molar-refractivity contribution in [1.82, 2.24) is 20.3 Å². The van der Waals surface area contributed by atoms with Crippen LogP contribution >= 0.6 is 0 Å². The Hall–Kier alpha value is -3.53. The van der Waals surface area contributed by atoms with Crippen molar-refractivity contribution < 1.29 is 9.53 Å². The molecule has 3 rings (SSSR count). The zero-order chi connectivity index (χ0) is 18.5. The monoisotopic (exact) mass is 349 g/mol. The number of anilines is 1. The minimum atomic E-state index is -0.258. The average Bonchev–Trinajstić information content (AvgIpc) is 3.07. The number of pyridine rings is 1. The van der Waals surface area contributed by atoms with Gasteiger partial charge in [-0.05, 0) is 19.1 Å². The lowest BCUT2D eigenvalue weighted by molar-refractivity contribution is 0.0931. The molecular formula is C19H19N5O2. The van der Waals surface area contributed by atoms with E-state index in [-0.39, 0.29) is 11.9 Å². The second-order valence-electron chi connectivity index (χ2n) is 5.79. The highest BCUT2D eigenvalue weighted by Gasteiger charge is 2.13. The summed E-state index contributed by atoms with van der Waals surface area (Å²) in [5, 5.41) is 2.88. The molecule has 0 aliphatic rings. The molecule has 0 unspecified atom stereocenters. The molecule has 7 heteroatoms. The number of methoxy groups -OCH3 is 1. The number of aromatic nitrogens is 3. The van der Waals surface area contributed by atoms with E-state index in [2.05, 4.69) is 32.1 Å². The molecule has 0 radical (unpaired) electrons. The molecule has 3 aromatic rings. The first-order valence-corrected chi connectivity index (χ1v) is 8.11. The van der Waals surface area contributed by atoms with Crippen molar-refractivity contribution in [2.75, 3.05) is 12.8 Å².